The van der Waals surface area contributed by atoms with Gasteiger partial charge in [-0.1, -0.05) is 0 Å². The maximum atomic E-state index is 11.9. The molecule has 124 valence electrons. The minimum absolute atomic E-state index is 0.0876. The van der Waals surface area contributed by atoms with Gasteiger partial charge in [-0.2, -0.15) is 38.1 Å². The molecule has 0 bridgehead atoms. The van der Waals surface area contributed by atoms with E-state index in [4.69, 9.17) is 0 Å². The van der Waals surface area contributed by atoms with Gasteiger partial charge in [-0.25, -0.2) is 9.59 Å². The first-order chi connectivity index (χ1) is 9.34. The van der Waals surface area contributed by atoms with E-state index in [-0.39, 0.29) is 11.5 Å². The Bertz CT molecular complexity index is 334. The molecule has 0 aromatic rings. The number of halogens is 6. The van der Waals surface area contributed by atoms with Gasteiger partial charge in [0.1, 0.15) is 12.2 Å². The van der Waals surface area contributed by atoms with Crippen molar-refractivity contribution >= 4 is 23.7 Å². The number of thioether (sulfide) groups is 1. The minimum atomic E-state index is -5.10. The average molecular weight is 342 g/mol. The number of alkyl halides is 6. The average Bonchev–Trinajstić information content (AvgIpc) is 2.25. The van der Waals surface area contributed by atoms with Crippen molar-refractivity contribution in [2.75, 3.05) is 11.5 Å². The van der Waals surface area contributed by atoms with Crippen molar-refractivity contribution in [3.63, 3.8) is 0 Å². The number of hydrogen-bond donors (Lipinski definition) is 0. The van der Waals surface area contributed by atoms with Crippen LogP contribution in [0.1, 0.15) is 13.8 Å². The SMILES string of the molecule is C[C@@H](CSC[C@H](C)OC(=O)C(F)(F)F)OC(=O)C(F)(F)F. The molecule has 21 heavy (non-hydrogen) atoms. The third-order valence-electron chi connectivity index (χ3n) is 1.78. The van der Waals surface area contributed by atoms with Crippen molar-refractivity contribution in [2.24, 2.45) is 0 Å². The van der Waals surface area contributed by atoms with E-state index in [1.165, 1.54) is 13.8 Å². The monoisotopic (exact) mass is 342 g/mol. The van der Waals surface area contributed by atoms with Crippen LogP contribution in [0, 0.1) is 0 Å². The fraction of sp³-hybridized carbons (Fsp3) is 0.800. The first-order valence-electron chi connectivity index (χ1n) is 5.47. The summed E-state index contributed by atoms with van der Waals surface area (Å²) in [7, 11) is 0. The molecule has 2 atom stereocenters. The molecule has 0 saturated carbocycles. The number of ether oxygens (including phenoxy) is 2. The van der Waals surface area contributed by atoms with Crippen LogP contribution in [0.25, 0.3) is 0 Å². The smallest absolute Gasteiger partial charge is 0.455 e. The summed E-state index contributed by atoms with van der Waals surface area (Å²) >= 11 is 0.886. The molecule has 0 heterocycles. The zero-order valence-corrected chi connectivity index (χ0v) is 11.7. The van der Waals surface area contributed by atoms with Gasteiger partial charge in [0, 0.05) is 11.5 Å². The Morgan fingerprint density at radius 1 is 0.857 bits per heavy atom. The Kier molecular flexibility index (Phi) is 7.34. The predicted octanol–water partition coefficient (Wildman–Crippen LogP) is 2.71. The Balaban J connectivity index is 3.99. The van der Waals surface area contributed by atoms with Gasteiger partial charge in [-0.3, -0.25) is 0 Å². The summed E-state index contributed by atoms with van der Waals surface area (Å²) in [6.45, 7) is 2.39. The van der Waals surface area contributed by atoms with Crippen molar-refractivity contribution in [1.29, 1.82) is 0 Å². The van der Waals surface area contributed by atoms with Crippen molar-refractivity contribution in [2.45, 2.75) is 38.4 Å². The summed E-state index contributed by atoms with van der Waals surface area (Å²) in [5.41, 5.74) is 0. The molecule has 4 nitrogen and oxygen atoms in total. The lowest BCUT2D eigenvalue weighted by atomic mass is 10.4. The largest absolute Gasteiger partial charge is 0.490 e. The fourth-order valence-electron chi connectivity index (χ4n) is 0.967. The van der Waals surface area contributed by atoms with Gasteiger partial charge >= 0.3 is 24.3 Å². The maximum Gasteiger partial charge on any atom is 0.490 e. The third kappa shape index (κ3) is 8.68. The molecule has 11 heteroatoms. The Morgan fingerprint density at radius 3 is 1.38 bits per heavy atom. The lowest BCUT2D eigenvalue weighted by molar-refractivity contribution is -0.203. The van der Waals surface area contributed by atoms with E-state index in [9.17, 15) is 35.9 Å². The highest BCUT2D eigenvalue weighted by Crippen LogP contribution is 2.20. The van der Waals surface area contributed by atoms with Gasteiger partial charge in [0.25, 0.3) is 0 Å². The Labute approximate surface area is 120 Å². The molecule has 0 aliphatic carbocycles. The van der Waals surface area contributed by atoms with Crippen LogP contribution in [0.2, 0.25) is 0 Å². The molecular weight excluding hydrogens is 330 g/mol. The number of esters is 2. The molecular formula is C10H12F6O4S. The van der Waals surface area contributed by atoms with Crippen LogP contribution in [0.3, 0.4) is 0 Å². The number of rotatable bonds is 6. The highest BCUT2D eigenvalue weighted by molar-refractivity contribution is 7.99. The second-order valence-corrected chi connectivity index (χ2v) is 5.04. The van der Waals surface area contributed by atoms with E-state index in [2.05, 4.69) is 9.47 Å². The first-order valence-corrected chi connectivity index (χ1v) is 6.63. The second-order valence-electron chi connectivity index (χ2n) is 3.96. The number of carbonyl (C=O) groups is 2. The Morgan fingerprint density at radius 2 is 1.14 bits per heavy atom. The van der Waals surface area contributed by atoms with Crippen LogP contribution in [0.4, 0.5) is 26.3 Å². The van der Waals surface area contributed by atoms with Gasteiger partial charge in [-0.05, 0) is 13.8 Å². The second kappa shape index (κ2) is 7.76. The van der Waals surface area contributed by atoms with Crippen molar-refractivity contribution in [3.8, 4) is 0 Å². The van der Waals surface area contributed by atoms with Crippen LogP contribution < -0.4 is 0 Å². The van der Waals surface area contributed by atoms with Gasteiger partial charge in [-0.15, -0.1) is 0 Å². The highest BCUT2D eigenvalue weighted by Gasteiger charge is 2.42. The van der Waals surface area contributed by atoms with Crippen LogP contribution in [-0.4, -0.2) is 48.0 Å². The van der Waals surface area contributed by atoms with Crippen LogP contribution >= 0.6 is 11.8 Å². The molecule has 0 N–H and O–H groups in total. The van der Waals surface area contributed by atoms with Gasteiger partial charge in [0.05, 0.1) is 0 Å². The van der Waals surface area contributed by atoms with E-state index < -0.39 is 36.5 Å². The molecule has 0 amide bonds. The lowest BCUT2D eigenvalue weighted by Gasteiger charge is -2.16. The van der Waals surface area contributed by atoms with E-state index in [0.29, 0.717) is 0 Å². The molecule has 0 fully saturated rings. The van der Waals surface area contributed by atoms with E-state index in [0.717, 1.165) is 11.8 Å². The number of carbonyl (C=O) groups excluding carboxylic acids is 2. The van der Waals surface area contributed by atoms with Crippen molar-refractivity contribution in [3.05, 3.63) is 0 Å². The van der Waals surface area contributed by atoms with Gasteiger partial charge in [0.15, 0.2) is 0 Å². The van der Waals surface area contributed by atoms with Crippen molar-refractivity contribution < 1.29 is 45.4 Å². The third-order valence-corrected chi connectivity index (χ3v) is 3.19. The summed E-state index contributed by atoms with van der Waals surface area (Å²) in [6, 6.07) is 0. The van der Waals surface area contributed by atoms with Gasteiger partial charge in [0.2, 0.25) is 0 Å². The summed E-state index contributed by atoms with van der Waals surface area (Å²) in [5, 5.41) is 0. The summed E-state index contributed by atoms with van der Waals surface area (Å²) in [4.78, 5) is 21.0. The molecule has 0 aromatic carbocycles. The normalized spacial score (nSPS) is 15.2. The zero-order valence-electron chi connectivity index (χ0n) is 10.9. The van der Waals surface area contributed by atoms with Crippen LogP contribution in [0.5, 0.6) is 0 Å². The predicted molar refractivity (Wildman–Crippen MR) is 60.5 cm³/mol. The van der Waals surface area contributed by atoms with Gasteiger partial charge < -0.3 is 9.47 Å². The topological polar surface area (TPSA) is 52.6 Å². The molecule has 0 saturated heterocycles. The summed E-state index contributed by atoms with van der Waals surface area (Å²) in [6.07, 6.45) is -12.4. The highest BCUT2D eigenvalue weighted by atomic mass is 32.2. The lowest BCUT2D eigenvalue weighted by Crippen LogP contribution is -2.31. The van der Waals surface area contributed by atoms with Crippen LogP contribution in [-0.2, 0) is 19.1 Å². The molecule has 0 aliphatic rings. The zero-order chi connectivity index (χ0) is 16.8. The summed E-state index contributed by atoms with van der Waals surface area (Å²) < 4.78 is 79.3. The maximum absolute atomic E-state index is 11.9. The molecule has 0 rings (SSSR count). The fourth-order valence-corrected chi connectivity index (χ4v) is 1.90. The quantitative estimate of drug-likeness (QED) is 0.549. The van der Waals surface area contributed by atoms with E-state index in [1.54, 1.807) is 0 Å². The standard InChI is InChI=1S/C10H12F6O4S/c1-5(19-7(17)9(11,12)13)3-21-4-6(2)20-8(18)10(14,15)16/h5-6H,3-4H2,1-2H3/t5-,6-/m0/s1. The molecule has 0 spiro atoms. The van der Waals surface area contributed by atoms with Crippen molar-refractivity contribution in [1.82, 2.24) is 0 Å². The van der Waals surface area contributed by atoms with E-state index >= 15 is 0 Å². The molecule has 0 aromatic heterocycles. The van der Waals surface area contributed by atoms with Crippen LogP contribution in [0.15, 0.2) is 0 Å². The summed E-state index contributed by atoms with van der Waals surface area (Å²) in [5.74, 6) is -4.86. The molecule has 0 unspecified atom stereocenters. The van der Waals surface area contributed by atoms with E-state index in [1.807, 2.05) is 0 Å². The molecule has 0 radical (unpaired) electrons. The Hall–Kier alpha value is -1.13. The number of hydrogen-bond acceptors (Lipinski definition) is 5. The first kappa shape index (κ1) is 19.9. The molecule has 0 aliphatic heterocycles. The minimum Gasteiger partial charge on any atom is -0.455 e.